The normalized spacial score (nSPS) is 24.8. The molecule has 0 saturated heterocycles. The lowest BCUT2D eigenvalue weighted by Crippen LogP contribution is -1.97. The van der Waals surface area contributed by atoms with E-state index in [0.717, 1.165) is 12.0 Å². The summed E-state index contributed by atoms with van der Waals surface area (Å²) < 4.78 is 5.38. The Morgan fingerprint density at radius 1 is 1.24 bits per heavy atom. The minimum Gasteiger partial charge on any atom is -0.370 e. The van der Waals surface area contributed by atoms with Gasteiger partial charge in [0.1, 0.15) is 6.10 Å². The van der Waals surface area contributed by atoms with Crippen LogP contribution in [0.3, 0.4) is 0 Å². The van der Waals surface area contributed by atoms with E-state index in [0.29, 0.717) is 12.5 Å². The molecule has 0 aliphatic heterocycles. The van der Waals surface area contributed by atoms with E-state index >= 15 is 0 Å². The van der Waals surface area contributed by atoms with Crippen molar-refractivity contribution in [3.05, 3.63) is 35.4 Å². The third-order valence-electron chi connectivity index (χ3n) is 3.60. The van der Waals surface area contributed by atoms with Crippen molar-refractivity contribution in [3.8, 4) is 0 Å². The molecule has 1 aliphatic carbocycles. The number of carbonyl (C=O) groups excluding carboxylic acids is 1. The average Bonchev–Trinajstić information content (AvgIpc) is 2.99. The van der Waals surface area contributed by atoms with Gasteiger partial charge in [-0.05, 0) is 30.4 Å². The maximum Gasteiger partial charge on any atom is 0.173 e. The van der Waals surface area contributed by atoms with Gasteiger partial charge in [-0.2, -0.15) is 0 Å². The van der Waals surface area contributed by atoms with E-state index < -0.39 is 0 Å². The second kappa shape index (κ2) is 5.01. The summed E-state index contributed by atoms with van der Waals surface area (Å²) in [6.07, 6.45) is 0.956. The van der Waals surface area contributed by atoms with E-state index in [9.17, 15) is 4.79 Å². The number of hydrogen-bond donors (Lipinski definition) is 0. The van der Waals surface area contributed by atoms with Gasteiger partial charge in [0.25, 0.3) is 0 Å². The molecule has 2 heteroatoms. The van der Waals surface area contributed by atoms with Crippen molar-refractivity contribution in [1.82, 2.24) is 0 Å². The number of carbonyl (C=O) groups is 1. The molecule has 0 spiro atoms. The van der Waals surface area contributed by atoms with E-state index in [2.05, 4.69) is 38.1 Å². The second-order valence-corrected chi connectivity index (χ2v) is 4.73. The Hall–Kier alpha value is -1.15. The predicted octanol–water partition coefficient (Wildman–Crippen LogP) is 3.27. The van der Waals surface area contributed by atoms with Gasteiger partial charge in [-0.3, -0.25) is 4.79 Å². The fraction of sp³-hybridized carbons (Fsp3) is 0.533. The van der Waals surface area contributed by atoms with E-state index in [4.69, 9.17) is 4.74 Å². The van der Waals surface area contributed by atoms with Crippen LogP contribution in [0.4, 0.5) is 0 Å². The molecular weight excluding hydrogens is 212 g/mol. The van der Waals surface area contributed by atoms with Crippen LogP contribution in [0.2, 0.25) is 0 Å². The summed E-state index contributed by atoms with van der Waals surface area (Å²) in [6, 6.07) is 8.42. The molecule has 1 saturated carbocycles. The molecule has 0 heterocycles. The number of hydrogen-bond acceptors (Lipinski definition) is 2. The number of ether oxygens (including phenoxy) is 1. The summed E-state index contributed by atoms with van der Waals surface area (Å²) in [5, 5.41) is 0. The summed E-state index contributed by atoms with van der Waals surface area (Å²) in [5.74, 6) is 0.797. The van der Waals surface area contributed by atoms with Crippen LogP contribution in [-0.2, 0) is 9.53 Å². The van der Waals surface area contributed by atoms with Crippen LogP contribution in [0.25, 0.3) is 0 Å². The van der Waals surface area contributed by atoms with Crippen LogP contribution in [0.15, 0.2) is 24.3 Å². The lowest BCUT2D eigenvalue weighted by molar-refractivity contribution is -0.113. The Morgan fingerprint density at radius 3 is 2.41 bits per heavy atom. The Morgan fingerprint density at radius 2 is 1.88 bits per heavy atom. The quantitative estimate of drug-likeness (QED) is 0.778. The van der Waals surface area contributed by atoms with Crippen molar-refractivity contribution in [2.45, 2.75) is 45.1 Å². The highest BCUT2D eigenvalue weighted by atomic mass is 16.5. The number of benzene rings is 1. The first-order valence-electron chi connectivity index (χ1n) is 6.44. The Labute approximate surface area is 103 Å². The zero-order valence-corrected chi connectivity index (χ0v) is 10.8. The van der Waals surface area contributed by atoms with Crippen molar-refractivity contribution in [2.24, 2.45) is 0 Å². The van der Waals surface area contributed by atoms with Crippen molar-refractivity contribution in [2.75, 3.05) is 6.61 Å². The summed E-state index contributed by atoms with van der Waals surface area (Å²) in [7, 11) is 0. The topological polar surface area (TPSA) is 26.3 Å². The van der Waals surface area contributed by atoms with Gasteiger partial charge in [-0.25, -0.2) is 0 Å². The van der Waals surface area contributed by atoms with Crippen LogP contribution in [0.5, 0.6) is 0 Å². The van der Waals surface area contributed by atoms with Gasteiger partial charge in [0, 0.05) is 6.61 Å². The Bertz CT molecular complexity index is 394. The zero-order chi connectivity index (χ0) is 12.4. The smallest absolute Gasteiger partial charge is 0.173 e. The molecule has 0 radical (unpaired) electrons. The van der Waals surface area contributed by atoms with Crippen LogP contribution < -0.4 is 0 Å². The molecule has 1 aromatic carbocycles. The molecule has 3 unspecified atom stereocenters. The third kappa shape index (κ3) is 2.42. The first-order valence-corrected chi connectivity index (χ1v) is 6.44. The largest absolute Gasteiger partial charge is 0.370 e. The molecule has 17 heavy (non-hydrogen) atoms. The highest BCUT2D eigenvalue weighted by Crippen LogP contribution is 2.39. The van der Waals surface area contributed by atoms with Crippen LogP contribution in [-0.4, -0.2) is 18.5 Å². The summed E-state index contributed by atoms with van der Waals surface area (Å²) >= 11 is 0. The maximum absolute atomic E-state index is 11.6. The van der Waals surface area contributed by atoms with Gasteiger partial charge in [-0.1, -0.05) is 38.1 Å². The van der Waals surface area contributed by atoms with Crippen molar-refractivity contribution >= 4 is 5.78 Å². The van der Waals surface area contributed by atoms with E-state index in [1.54, 1.807) is 0 Å². The standard InChI is InChI=1S/C15H20O2/c1-4-10(3)11-6-8-12(9-7-11)13-14(16)15(13)17-5-2/h6-10,13,15H,4-5H2,1-3H3. The third-order valence-corrected chi connectivity index (χ3v) is 3.60. The van der Waals surface area contributed by atoms with E-state index in [1.165, 1.54) is 5.56 Å². The second-order valence-electron chi connectivity index (χ2n) is 4.73. The fourth-order valence-electron chi connectivity index (χ4n) is 2.18. The Kier molecular flexibility index (Phi) is 3.63. The molecule has 0 bridgehead atoms. The van der Waals surface area contributed by atoms with Gasteiger partial charge in [-0.15, -0.1) is 0 Å². The highest BCUT2D eigenvalue weighted by molar-refractivity contribution is 6.07. The van der Waals surface area contributed by atoms with E-state index in [1.807, 2.05) is 6.92 Å². The molecule has 1 aromatic rings. The first kappa shape index (κ1) is 12.3. The molecule has 0 aromatic heterocycles. The molecule has 1 fully saturated rings. The lowest BCUT2D eigenvalue weighted by Gasteiger charge is -2.09. The fourth-order valence-corrected chi connectivity index (χ4v) is 2.18. The lowest BCUT2D eigenvalue weighted by atomic mass is 9.97. The molecule has 92 valence electrons. The summed E-state index contributed by atoms with van der Waals surface area (Å²) in [5.41, 5.74) is 2.44. The van der Waals surface area contributed by atoms with Crippen molar-refractivity contribution in [3.63, 3.8) is 0 Å². The molecule has 2 rings (SSSR count). The molecule has 3 atom stereocenters. The zero-order valence-electron chi connectivity index (χ0n) is 10.8. The summed E-state index contributed by atoms with van der Waals surface area (Å²) in [6.45, 7) is 6.95. The number of Topliss-reactive ketones (excluding diaryl/α,β-unsaturated/α-hetero) is 1. The first-order chi connectivity index (χ1) is 8.19. The minimum absolute atomic E-state index is 0.0130. The highest BCUT2D eigenvalue weighted by Gasteiger charge is 2.51. The molecular formula is C15H20O2. The van der Waals surface area contributed by atoms with Gasteiger partial charge in [0.2, 0.25) is 0 Å². The SMILES string of the molecule is CCOC1C(=O)C1c1ccc(C(C)CC)cc1. The monoisotopic (exact) mass is 232 g/mol. The van der Waals surface area contributed by atoms with Crippen LogP contribution in [0, 0.1) is 0 Å². The van der Waals surface area contributed by atoms with Gasteiger partial charge < -0.3 is 4.74 Å². The van der Waals surface area contributed by atoms with Crippen molar-refractivity contribution in [1.29, 1.82) is 0 Å². The predicted molar refractivity (Wildman–Crippen MR) is 68.3 cm³/mol. The van der Waals surface area contributed by atoms with Crippen LogP contribution in [0.1, 0.15) is 50.2 Å². The van der Waals surface area contributed by atoms with E-state index in [-0.39, 0.29) is 17.8 Å². The van der Waals surface area contributed by atoms with Crippen molar-refractivity contribution < 1.29 is 9.53 Å². The Balaban J connectivity index is 2.07. The van der Waals surface area contributed by atoms with Gasteiger partial charge in [0.15, 0.2) is 5.78 Å². The van der Waals surface area contributed by atoms with Gasteiger partial charge in [0.05, 0.1) is 5.92 Å². The number of ketones is 1. The number of rotatable bonds is 5. The average molecular weight is 232 g/mol. The van der Waals surface area contributed by atoms with Crippen LogP contribution >= 0.6 is 0 Å². The van der Waals surface area contributed by atoms with Gasteiger partial charge >= 0.3 is 0 Å². The molecule has 2 nitrogen and oxygen atoms in total. The molecule has 0 N–H and O–H groups in total. The molecule has 1 aliphatic rings. The summed E-state index contributed by atoms with van der Waals surface area (Å²) in [4.78, 5) is 11.6. The maximum atomic E-state index is 11.6. The molecule has 0 amide bonds. The minimum atomic E-state index is -0.186.